The Morgan fingerprint density at radius 2 is 1.00 bits per heavy atom. The van der Waals surface area contributed by atoms with Crippen LogP contribution in [0.15, 0.2) is 48.5 Å². The minimum Gasteiger partial charge on any atom is -0.298 e. The van der Waals surface area contributed by atoms with Gasteiger partial charge in [0.1, 0.15) is 12.6 Å². The maximum atomic E-state index is 10.7. The van der Waals surface area contributed by atoms with Gasteiger partial charge in [-0.2, -0.15) is 0 Å². The van der Waals surface area contributed by atoms with E-state index >= 15 is 0 Å². The maximum absolute atomic E-state index is 10.7. The van der Waals surface area contributed by atoms with Crippen LogP contribution < -0.4 is 0 Å². The minimum absolute atomic E-state index is 0.652. The molecule has 0 amide bonds. The SMILES string of the molecule is O=Cc1cccc(C=Cc2cccc(C=O)c2)c1. The monoisotopic (exact) mass is 236 g/mol. The van der Waals surface area contributed by atoms with Gasteiger partial charge in [0.05, 0.1) is 0 Å². The van der Waals surface area contributed by atoms with Crippen LogP contribution in [0.1, 0.15) is 31.8 Å². The molecule has 0 aliphatic rings. The van der Waals surface area contributed by atoms with Crippen molar-refractivity contribution in [3.05, 3.63) is 70.8 Å². The van der Waals surface area contributed by atoms with Gasteiger partial charge in [-0.05, 0) is 23.3 Å². The molecule has 2 aromatic rings. The molecule has 18 heavy (non-hydrogen) atoms. The van der Waals surface area contributed by atoms with Crippen LogP contribution in [0.25, 0.3) is 12.2 Å². The third-order valence-electron chi connectivity index (χ3n) is 2.56. The van der Waals surface area contributed by atoms with E-state index in [2.05, 4.69) is 0 Å². The second-order valence-electron chi connectivity index (χ2n) is 3.91. The summed E-state index contributed by atoms with van der Waals surface area (Å²) in [6, 6.07) is 14.7. The van der Waals surface area contributed by atoms with E-state index in [9.17, 15) is 9.59 Å². The lowest BCUT2D eigenvalue weighted by atomic mass is 10.1. The Bertz CT molecular complexity index is 544. The van der Waals surface area contributed by atoms with E-state index in [1.54, 1.807) is 12.1 Å². The molecule has 0 radical (unpaired) electrons. The molecular weight excluding hydrogens is 224 g/mol. The third kappa shape index (κ3) is 3.01. The Balaban J connectivity index is 2.23. The topological polar surface area (TPSA) is 34.1 Å². The summed E-state index contributed by atoms with van der Waals surface area (Å²) in [6.07, 6.45) is 5.47. The van der Waals surface area contributed by atoms with Crippen molar-refractivity contribution < 1.29 is 9.59 Å². The van der Waals surface area contributed by atoms with Crippen molar-refractivity contribution >= 4 is 24.7 Å². The van der Waals surface area contributed by atoms with Crippen LogP contribution in [0, 0.1) is 0 Å². The highest BCUT2D eigenvalue weighted by atomic mass is 16.1. The molecule has 0 N–H and O–H groups in total. The van der Waals surface area contributed by atoms with Gasteiger partial charge in [0.15, 0.2) is 0 Å². The fourth-order valence-electron chi connectivity index (χ4n) is 1.66. The zero-order valence-corrected chi connectivity index (χ0v) is 9.74. The Labute approximate surface area is 106 Å². The second-order valence-corrected chi connectivity index (χ2v) is 3.91. The number of benzene rings is 2. The number of carbonyl (C=O) groups excluding carboxylic acids is 2. The highest BCUT2D eigenvalue weighted by molar-refractivity contribution is 5.80. The predicted octanol–water partition coefficient (Wildman–Crippen LogP) is 3.48. The normalized spacial score (nSPS) is 10.4. The smallest absolute Gasteiger partial charge is 0.150 e. The lowest BCUT2D eigenvalue weighted by molar-refractivity contribution is 0.111. The van der Waals surface area contributed by atoms with Crippen molar-refractivity contribution in [1.29, 1.82) is 0 Å². The Morgan fingerprint density at radius 1 is 0.611 bits per heavy atom. The van der Waals surface area contributed by atoms with Gasteiger partial charge >= 0.3 is 0 Å². The lowest BCUT2D eigenvalue weighted by Gasteiger charge is -1.97. The molecule has 0 aliphatic carbocycles. The zero-order chi connectivity index (χ0) is 12.8. The molecule has 0 atom stereocenters. The van der Waals surface area contributed by atoms with Gasteiger partial charge in [0.25, 0.3) is 0 Å². The molecule has 2 rings (SSSR count). The summed E-state index contributed by atoms with van der Waals surface area (Å²) in [5, 5.41) is 0. The number of rotatable bonds is 4. The molecule has 0 heterocycles. The molecule has 0 saturated heterocycles. The van der Waals surface area contributed by atoms with Gasteiger partial charge in [0.2, 0.25) is 0 Å². The fraction of sp³-hybridized carbons (Fsp3) is 0. The van der Waals surface area contributed by atoms with E-state index in [0.717, 1.165) is 23.7 Å². The number of carbonyl (C=O) groups is 2. The molecule has 0 saturated carbocycles. The summed E-state index contributed by atoms with van der Waals surface area (Å²) < 4.78 is 0. The van der Waals surface area contributed by atoms with Crippen LogP contribution in [0.4, 0.5) is 0 Å². The van der Waals surface area contributed by atoms with E-state index < -0.39 is 0 Å². The fourth-order valence-corrected chi connectivity index (χ4v) is 1.66. The minimum atomic E-state index is 0.652. The van der Waals surface area contributed by atoms with Gasteiger partial charge < -0.3 is 0 Å². The van der Waals surface area contributed by atoms with Crippen LogP contribution in [0.5, 0.6) is 0 Å². The Hall–Kier alpha value is -2.48. The Kier molecular flexibility index (Phi) is 3.82. The van der Waals surface area contributed by atoms with Crippen LogP contribution in [-0.2, 0) is 0 Å². The van der Waals surface area contributed by atoms with Crippen molar-refractivity contribution in [2.75, 3.05) is 0 Å². The van der Waals surface area contributed by atoms with E-state index in [1.807, 2.05) is 48.6 Å². The van der Waals surface area contributed by atoms with Gasteiger partial charge in [0, 0.05) is 11.1 Å². The average molecular weight is 236 g/mol. The number of aldehydes is 2. The molecule has 2 nitrogen and oxygen atoms in total. The average Bonchev–Trinajstić information content (AvgIpc) is 2.45. The van der Waals surface area contributed by atoms with Crippen molar-refractivity contribution in [3.63, 3.8) is 0 Å². The van der Waals surface area contributed by atoms with Gasteiger partial charge in [-0.1, -0.05) is 48.6 Å². The molecule has 88 valence electrons. The number of hydrogen-bond acceptors (Lipinski definition) is 2. The largest absolute Gasteiger partial charge is 0.298 e. The van der Waals surface area contributed by atoms with Crippen LogP contribution in [0.3, 0.4) is 0 Å². The van der Waals surface area contributed by atoms with Crippen LogP contribution in [-0.4, -0.2) is 12.6 Å². The van der Waals surface area contributed by atoms with Crippen molar-refractivity contribution in [1.82, 2.24) is 0 Å². The maximum Gasteiger partial charge on any atom is 0.150 e. The zero-order valence-electron chi connectivity index (χ0n) is 9.74. The van der Waals surface area contributed by atoms with E-state index in [1.165, 1.54) is 0 Å². The first kappa shape index (κ1) is 12.0. The summed E-state index contributed by atoms with van der Waals surface area (Å²) in [7, 11) is 0. The first-order valence-electron chi connectivity index (χ1n) is 5.60. The molecule has 0 bridgehead atoms. The predicted molar refractivity (Wildman–Crippen MR) is 72.6 cm³/mol. The molecule has 0 spiro atoms. The molecule has 2 aromatic carbocycles. The second kappa shape index (κ2) is 5.73. The summed E-state index contributed by atoms with van der Waals surface area (Å²) in [5.41, 5.74) is 3.21. The standard InChI is InChI=1S/C16H12O2/c17-11-15-5-1-3-13(9-15)7-8-14-4-2-6-16(10-14)12-18/h1-12H. The highest BCUT2D eigenvalue weighted by Crippen LogP contribution is 2.10. The summed E-state index contributed by atoms with van der Waals surface area (Å²) in [5.74, 6) is 0. The molecule has 0 aromatic heterocycles. The van der Waals surface area contributed by atoms with Crippen molar-refractivity contribution in [2.45, 2.75) is 0 Å². The Morgan fingerprint density at radius 3 is 1.39 bits per heavy atom. The number of hydrogen-bond donors (Lipinski definition) is 0. The molecular formula is C16H12O2. The summed E-state index contributed by atoms with van der Waals surface area (Å²) >= 11 is 0. The van der Waals surface area contributed by atoms with Gasteiger partial charge in [-0.25, -0.2) is 0 Å². The van der Waals surface area contributed by atoms with Gasteiger partial charge in [-0.3, -0.25) is 9.59 Å². The van der Waals surface area contributed by atoms with E-state index in [0.29, 0.717) is 11.1 Å². The van der Waals surface area contributed by atoms with Crippen molar-refractivity contribution in [3.8, 4) is 0 Å². The first-order valence-corrected chi connectivity index (χ1v) is 5.60. The molecule has 2 heteroatoms. The molecule has 0 fully saturated rings. The quantitative estimate of drug-likeness (QED) is 0.601. The third-order valence-corrected chi connectivity index (χ3v) is 2.56. The molecule has 0 unspecified atom stereocenters. The van der Waals surface area contributed by atoms with E-state index in [-0.39, 0.29) is 0 Å². The van der Waals surface area contributed by atoms with Crippen molar-refractivity contribution in [2.24, 2.45) is 0 Å². The lowest BCUT2D eigenvalue weighted by Crippen LogP contribution is -1.81. The summed E-state index contributed by atoms with van der Waals surface area (Å²) in [6.45, 7) is 0. The first-order chi connectivity index (χ1) is 8.81. The van der Waals surface area contributed by atoms with Gasteiger partial charge in [-0.15, -0.1) is 0 Å². The molecule has 0 aliphatic heterocycles. The summed E-state index contributed by atoms with van der Waals surface area (Å²) in [4.78, 5) is 21.3. The highest BCUT2D eigenvalue weighted by Gasteiger charge is 1.93. The van der Waals surface area contributed by atoms with Crippen LogP contribution >= 0.6 is 0 Å². The van der Waals surface area contributed by atoms with Crippen LogP contribution in [0.2, 0.25) is 0 Å². The van der Waals surface area contributed by atoms with E-state index in [4.69, 9.17) is 0 Å².